The molecule has 1 aromatic carbocycles. The van der Waals surface area contributed by atoms with E-state index in [1.807, 2.05) is 0 Å². The first kappa shape index (κ1) is 16.5. The van der Waals surface area contributed by atoms with Gasteiger partial charge in [0, 0.05) is 18.6 Å². The lowest BCUT2D eigenvalue weighted by Gasteiger charge is -2.46. The Bertz CT molecular complexity index is 433. The summed E-state index contributed by atoms with van der Waals surface area (Å²) in [5.41, 5.74) is 9.16. The van der Waals surface area contributed by atoms with Crippen molar-refractivity contribution in [2.24, 2.45) is 11.7 Å². The molecule has 0 amide bonds. The summed E-state index contributed by atoms with van der Waals surface area (Å²) in [6.45, 7) is 6.26. The molecule has 0 aromatic heterocycles. The Morgan fingerprint density at radius 1 is 1.29 bits per heavy atom. The molecule has 2 rings (SSSR count). The summed E-state index contributed by atoms with van der Waals surface area (Å²) in [5, 5.41) is 0. The molecule has 21 heavy (non-hydrogen) atoms. The third-order valence-electron chi connectivity index (χ3n) is 5.42. The van der Waals surface area contributed by atoms with Crippen LogP contribution in [0.25, 0.3) is 0 Å². The summed E-state index contributed by atoms with van der Waals surface area (Å²) in [5.74, 6) is 0.932. The van der Waals surface area contributed by atoms with Crippen LogP contribution >= 0.6 is 0 Å². The fraction of sp³-hybridized carbons (Fsp3) is 0.684. The topological polar surface area (TPSA) is 29.3 Å². The highest BCUT2D eigenvalue weighted by Crippen LogP contribution is 2.37. The van der Waals surface area contributed by atoms with Crippen molar-refractivity contribution >= 4 is 0 Å². The number of benzene rings is 1. The molecule has 0 atom stereocenters. The van der Waals surface area contributed by atoms with Crippen molar-refractivity contribution in [3.05, 3.63) is 35.4 Å². The van der Waals surface area contributed by atoms with Gasteiger partial charge >= 0.3 is 0 Å². The van der Waals surface area contributed by atoms with E-state index in [-0.39, 0.29) is 5.54 Å². The van der Waals surface area contributed by atoms with Crippen LogP contribution in [-0.4, -0.2) is 24.0 Å². The van der Waals surface area contributed by atoms with Crippen molar-refractivity contribution in [1.82, 2.24) is 4.90 Å². The first-order chi connectivity index (χ1) is 10.1. The Morgan fingerprint density at radius 2 is 2.00 bits per heavy atom. The van der Waals surface area contributed by atoms with Gasteiger partial charge in [0.25, 0.3) is 0 Å². The van der Waals surface area contributed by atoms with Gasteiger partial charge in [-0.3, -0.25) is 4.90 Å². The first-order valence-electron chi connectivity index (χ1n) is 8.56. The van der Waals surface area contributed by atoms with Crippen molar-refractivity contribution in [2.75, 3.05) is 13.6 Å². The van der Waals surface area contributed by atoms with Crippen LogP contribution in [0.4, 0.5) is 0 Å². The van der Waals surface area contributed by atoms with E-state index in [4.69, 9.17) is 5.73 Å². The molecule has 0 heterocycles. The maximum absolute atomic E-state index is 6.20. The van der Waals surface area contributed by atoms with Crippen LogP contribution in [0.1, 0.15) is 56.6 Å². The zero-order valence-electron chi connectivity index (χ0n) is 14.1. The predicted molar refractivity (Wildman–Crippen MR) is 91.3 cm³/mol. The Morgan fingerprint density at radius 3 is 2.57 bits per heavy atom. The van der Waals surface area contributed by atoms with Crippen molar-refractivity contribution in [2.45, 2.75) is 64.5 Å². The molecular weight excluding hydrogens is 256 g/mol. The lowest BCUT2D eigenvalue weighted by Crippen LogP contribution is -2.53. The molecule has 2 heteroatoms. The monoisotopic (exact) mass is 288 g/mol. The molecule has 0 radical (unpaired) electrons. The number of nitrogens with two attached hydrogens (primary N) is 1. The highest BCUT2D eigenvalue weighted by molar-refractivity contribution is 5.22. The number of hydrogen-bond donors (Lipinski definition) is 1. The maximum Gasteiger partial charge on any atom is 0.0332 e. The number of nitrogens with zero attached hydrogens (tertiary/aromatic N) is 1. The maximum atomic E-state index is 6.20. The molecule has 0 unspecified atom stereocenters. The quantitative estimate of drug-likeness (QED) is 0.853. The Balaban J connectivity index is 2.00. The van der Waals surface area contributed by atoms with Gasteiger partial charge in [-0.2, -0.15) is 0 Å². The Kier molecular flexibility index (Phi) is 5.83. The second kappa shape index (κ2) is 7.42. The molecule has 1 aliphatic carbocycles. The van der Waals surface area contributed by atoms with Gasteiger partial charge in [0.05, 0.1) is 0 Å². The van der Waals surface area contributed by atoms with Crippen molar-refractivity contribution < 1.29 is 0 Å². The fourth-order valence-corrected chi connectivity index (χ4v) is 3.91. The molecule has 1 aromatic rings. The summed E-state index contributed by atoms with van der Waals surface area (Å²) in [6, 6.07) is 8.85. The van der Waals surface area contributed by atoms with Crippen LogP contribution in [0.5, 0.6) is 0 Å². The summed E-state index contributed by atoms with van der Waals surface area (Å²) in [6.07, 6.45) is 7.93. The molecule has 0 saturated heterocycles. The fourth-order valence-electron chi connectivity index (χ4n) is 3.91. The highest BCUT2D eigenvalue weighted by atomic mass is 15.2. The van der Waals surface area contributed by atoms with E-state index in [1.165, 1.54) is 49.7 Å². The standard InChI is InChI=1S/C19H32N2/c1-4-6-17-9-11-19(15-20,12-10-17)21(3)14-18-8-5-7-16(2)13-18/h5,7-8,13,17H,4,6,9-12,14-15,20H2,1-3H3. The number of aryl methyl sites for hydroxylation is 1. The van der Waals surface area contributed by atoms with E-state index in [0.29, 0.717) is 0 Å². The average Bonchev–Trinajstić information content (AvgIpc) is 2.48. The van der Waals surface area contributed by atoms with Crippen LogP contribution in [0.3, 0.4) is 0 Å². The number of hydrogen-bond acceptors (Lipinski definition) is 2. The van der Waals surface area contributed by atoms with Crippen LogP contribution < -0.4 is 5.73 Å². The van der Waals surface area contributed by atoms with Gasteiger partial charge in [0.2, 0.25) is 0 Å². The van der Waals surface area contributed by atoms with Crippen molar-refractivity contribution in [3.8, 4) is 0 Å². The van der Waals surface area contributed by atoms with Gasteiger partial charge in [-0.05, 0) is 51.1 Å². The molecule has 0 aliphatic heterocycles. The average molecular weight is 288 g/mol. The molecule has 0 spiro atoms. The van der Waals surface area contributed by atoms with Crippen LogP contribution in [0.2, 0.25) is 0 Å². The van der Waals surface area contributed by atoms with E-state index in [1.54, 1.807) is 0 Å². The largest absolute Gasteiger partial charge is 0.329 e. The van der Waals surface area contributed by atoms with Gasteiger partial charge in [-0.1, -0.05) is 49.6 Å². The normalized spacial score (nSPS) is 26.2. The number of likely N-dealkylation sites (N-methyl/N-ethyl adjacent to an activating group) is 1. The van der Waals surface area contributed by atoms with E-state index < -0.39 is 0 Å². The number of rotatable bonds is 6. The smallest absolute Gasteiger partial charge is 0.0332 e. The minimum Gasteiger partial charge on any atom is -0.329 e. The van der Waals surface area contributed by atoms with Gasteiger partial charge in [-0.25, -0.2) is 0 Å². The van der Waals surface area contributed by atoms with Crippen molar-refractivity contribution in [1.29, 1.82) is 0 Å². The molecule has 1 saturated carbocycles. The van der Waals surface area contributed by atoms with E-state index in [9.17, 15) is 0 Å². The second-order valence-corrected chi connectivity index (χ2v) is 7.01. The van der Waals surface area contributed by atoms with E-state index in [2.05, 4.69) is 50.1 Å². The Labute approximate surface area is 130 Å². The third-order valence-corrected chi connectivity index (χ3v) is 5.42. The van der Waals surface area contributed by atoms with Crippen LogP contribution in [0.15, 0.2) is 24.3 Å². The second-order valence-electron chi connectivity index (χ2n) is 7.01. The minimum absolute atomic E-state index is 0.216. The summed E-state index contributed by atoms with van der Waals surface area (Å²) in [7, 11) is 2.26. The predicted octanol–water partition coefficient (Wildman–Crippen LogP) is 4.11. The zero-order valence-corrected chi connectivity index (χ0v) is 14.1. The van der Waals surface area contributed by atoms with Gasteiger partial charge in [0.1, 0.15) is 0 Å². The molecule has 2 N–H and O–H groups in total. The third kappa shape index (κ3) is 4.08. The van der Waals surface area contributed by atoms with Crippen LogP contribution in [-0.2, 0) is 6.54 Å². The highest BCUT2D eigenvalue weighted by Gasteiger charge is 2.37. The minimum atomic E-state index is 0.216. The van der Waals surface area contributed by atoms with E-state index >= 15 is 0 Å². The Hall–Kier alpha value is -0.860. The van der Waals surface area contributed by atoms with Gasteiger partial charge in [-0.15, -0.1) is 0 Å². The van der Waals surface area contributed by atoms with Crippen LogP contribution in [0, 0.1) is 12.8 Å². The lowest BCUT2D eigenvalue weighted by molar-refractivity contribution is 0.0569. The molecule has 0 bridgehead atoms. The molecule has 1 fully saturated rings. The molecule has 2 nitrogen and oxygen atoms in total. The van der Waals surface area contributed by atoms with Crippen molar-refractivity contribution in [3.63, 3.8) is 0 Å². The molecule has 118 valence electrons. The van der Waals surface area contributed by atoms with Gasteiger partial charge in [0.15, 0.2) is 0 Å². The zero-order chi connectivity index (χ0) is 15.3. The lowest BCUT2D eigenvalue weighted by atomic mass is 9.74. The molecular formula is C19H32N2. The van der Waals surface area contributed by atoms with E-state index in [0.717, 1.165) is 19.0 Å². The molecule has 1 aliphatic rings. The SMILES string of the molecule is CCCC1CCC(CN)(N(C)Cc2cccc(C)c2)CC1. The summed E-state index contributed by atoms with van der Waals surface area (Å²) < 4.78 is 0. The van der Waals surface area contributed by atoms with Gasteiger partial charge < -0.3 is 5.73 Å². The first-order valence-corrected chi connectivity index (χ1v) is 8.56. The summed E-state index contributed by atoms with van der Waals surface area (Å²) in [4.78, 5) is 2.52. The summed E-state index contributed by atoms with van der Waals surface area (Å²) >= 11 is 0.